The second-order valence-corrected chi connectivity index (χ2v) is 23.1. The topological polar surface area (TPSA) is 216 Å². The number of anilines is 1. The number of methoxy groups -OCH3 is 2. The van der Waals surface area contributed by atoms with Crippen molar-refractivity contribution in [3.63, 3.8) is 0 Å². The molecule has 0 spiro atoms. The Bertz CT molecular complexity index is 2440. The molecular weight excluding hydrogens is 993 g/mol. The maximum Gasteiger partial charge on any atom is 0.253 e. The molecule has 0 unspecified atom stereocenters. The van der Waals surface area contributed by atoms with Crippen LogP contribution in [0.5, 0.6) is 0 Å². The summed E-state index contributed by atoms with van der Waals surface area (Å²) in [7, 11) is 6.84. The van der Waals surface area contributed by atoms with Crippen LogP contribution in [0.1, 0.15) is 116 Å². The number of likely N-dealkylation sites (tertiary alicyclic amines) is 2. The molecular formula is C60H86N8O10. The van der Waals surface area contributed by atoms with Gasteiger partial charge in [-0.3, -0.25) is 48.2 Å². The van der Waals surface area contributed by atoms with E-state index in [1.165, 1.54) is 24.2 Å². The highest BCUT2D eigenvalue weighted by atomic mass is 16.5. The van der Waals surface area contributed by atoms with Crippen molar-refractivity contribution in [1.82, 2.24) is 35.6 Å². The van der Waals surface area contributed by atoms with Gasteiger partial charge >= 0.3 is 0 Å². The first-order valence-electron chi connectivity index (χ1n) is 28.5. The molecule has 11 atom stereocenters. The van der Waals surface area contributed by atoms with Crippen molar-refractivity contribution in [2.24, 2.45) is 35.5 Å². The minimum atomic E-state index is -0.967. The second-order valence-electron chi connectivity index (χ2n) is 23.1. The summed E-state index contributed by atoms with van der Waals surface area (Å²) in [6.45, 7) is 10.8. The van der Waals surface area contributed by atoms with Gasteiger partial charge in [-0.25, -0.2) is 0 Å². The van der Waals surface area contributed by atoms with Crippen molar-refractivity contribution in [2.75, 3.05) is 46.7 Å². The van der Waals surface area contributed by atoms with Gasteiger partial charge < -0.3 is 40.5 Å². The minimum absolute atomic E-state index is 0.0181. The molecule has 5 aliphatic rings. The maximum atomic E-state index is 14.6. The number of fused-ring (bicyclic) bond motifs is 2. The fourth-order valence-electron chi connectivity index (χ4n) is 13.0. The van der Waals surface area contributed by atoms with Crippen LogP contribution in [0.15, 0.2) is 66.7 Å². The molecule has 2 aromatic rings. The summed E-state index contributed by atoms with van der Waals surface area (Å²) in [5, 5.41) is 12.2. The Morgan fingerprint density at radius 2 is 1.46 bits per heavy atom. The number of likely N-dealkylation sites (N-methyl/N-ethyl adjacent to an activating group) is 2. The molecule has 2 aromatic carbocycles. The number of piperidine rings is 1. The molecule has 3 heterocycles. The highest BCUT2D eigenvalue weighted by molar-refractivity contribution is 6.12. The summed E-state index contributed by atoms with van der Waals surface area (Å²) in [4.78, 5) is 115. The number of hydrogen-bond donors (Lipinski definition) is 4. The van der Waals surface area contributed by atoms with Gasteiger partial charge in [-0.2, -0.15) is 0 Å². The molecule has 426 valence electrons. The minimum Gasteiger partial charge on any atom is -0.379 e. The van der Waals surface area contributed by atoms with Crippen LogP contribution in [0.3, 0.4) is 0 Å². The number of amides is 8. The van der Waals surface area contributed by atoms with Gasteiger partial charge in [0.2, 0.25) is 35.4 Å². The number of carbonyl (C=O) groups excluding carboxylic acids is 8. The molecule has 2 bridgehead atoms. The number of imide groups is 1. The highest BCUT2D eigenvalue weighted by Gasteiger charge is 2.49. The van der Waals surface area contributed by atoms with Crippen LogP contribution in [0.2, 0.25) is 0 Å². The van der Waals surface area contributed by atoms with E-state index >= 15 is 0 Å². The van der Waals surface area contributed by atoms with Crippen LogP contribution in [0.25, 0.3) is 0 Å². The second kappa shape index (κ2) is 27.3. The van der Waals surface area contributed by atoms with Gasteiger partial charge in [-0.15, -0.1) is 0 Å². The fourth-order valence-corrected chi connectivity index (χ4v) is 13.0. The van der Waals surface area contributed by atoms with Crippen LogP contribution >= 0.6 is 0 Å². The lowest BCUT2D eigenvalue weighted by atomic mass is 9.81. The molecule has 0 aromatic heterocycles. The Labute approximate surface area is 461 Å². The van der Waals surface area contributed by atoms with Gasteiger partial charge in [-0.1, -0.05) is 83.5 Å². The van der Waals surface area contributed by atoms with Crippen molar-refractivity contribution < 1.29 is 47.8 Å². The number of carbonyl (C=O) groups is 8. The van der Waals surface area contributed by atoms with E-state index < -0.39 is 54.1 Å². The molecule has 78 heavy (non-hydrogen) atoms. The van der Waals surface area contributed by atoms with Crippen molar-refractivity contribution in [3.05, 3.63) is 77.9 Å². The Morgan fingerprint density at radius 1 is 0.782 bits per heavy atom. The summed E-state index contributed by atoms with van der Waals surface area (Å²) in [6.07, 6.45) is 9.38. The number of ether oxygens (including phenoxy) is 2. The molecule has 4 N–H and O–H groups in total. The van der Waals surface area contributed by atoms with E-state index in [1.807, 2.05) is 77.2 Å². The van der Waals surface area contributed by atoms with E-state index in [1.54, 1.807) is 43.0 Å². The zero-order valence-corrected chi connectivity index (χ0v) is 47.4. The Morgan fingerprint density at radius 3 is 2.06 bits per heavy atom. The first-order valence-corrected chi connectivity index (χ1v) is 28.5. The Balaban J connectivity index is 0.946. The van der Waals surface area contributed by atoms with E-state index in [0.717, 1.165) is 43.2 Å². The lowest BCUT2D eigenvalue weighted by molar-refractivity contribution is -0.148. The summed E-state index contributed by atoms with van der Waals surface area (Å²) in [6, 6.07) is 14.1. The van der Waals surface area contributed by atoms with Crippen molar-refractivity contribution in [3.8, 4) is 0 Å². The van der Waals surface area contributed by atoms with Gasteiger partial charge in [0, 0.05) is 77.1 Å². The standard InChI is InChI=1S/C60H86N8O10/c1-10-37(4)53(66(7)60(76)52(36(2)3)64-59(75)54-43-24-27-45(32-43)65(54)6)48(77-8)33-51(71)67-30-14-17-47(67)55(78-9)38(5)56(72)63-46(31-39-15-12-11-13-16-39)58(74)62-44-25-20-40(21-26-44)34-61-57(73)42-22-18-41(19-23-42)35-68-49(69)28-29-50(68)70/h11-13,15-16,20-21,25-26,28-29,36-38,41-43,45-48,52-55H,10,14,17-19,22-24,27,30-35H2,1-9H3,(H,61,73)(H,62,74)(H,63,72)(H,64,75)/t37-,38+,41?,42?,43-,45+,46-,47-,48+,52-,53-,54-,55+/m0/s1. The van der Waals surface area contributed by atoms with Gasteiger partial charge in [-0.05, 0) is 112 Å². The molecule has 4 fully saturated rings. The predicted octanol–water partition coefficient (Wildman–Crippen LogP) is 5.24. The number of hydrogen-bond acceptors (Lipinski definition) is 11. The summed E-state index contributed by atoms with van der Waals surface area (Å²) in [5.41, 5.74) is 2.20. The Hall–Kier alpha value is -5.98. The molecule has 2 saturated heterocycles. The SMILES string of the molecule is CC[C@H](C)[C@@H]([C@@H](CC(=O)N1CCC[C@H]1[C@H](OC)[C@@H](C)C(=O)N[C@@H](Cc1ccccc1)C(=O)Nc1ccc(CNC(=O)C2CCC(CN3C(=O)C=CC3=O)CC2)cc1)OC)N(C)C(=O)[C@@H](NC(=O)[C@@H]1[C@H]2CC[C@H](C2)N1C)C(C)C. The quantitative estimate of drug-likeness (QED) is 0.0944. The smallest absolute Gasteiger partial charge is 0.253 e. The molecule has 2 saturated carbocycles. The van der Waals surface area contributed by atoms with Crippen LogP contribution in [0.4, 0.5) is 5.69 Å². The van der Waals surface area contributed by atoms with Gasteiger partial charge in [0.25, 0.3) is 11.8 Å². The molecule has 7 rings (SSSR count). The third-order valence-corrected chi connectivity index (χ3v) is 17.8. The van der Waals surface area contributed by atoms with Crippen molar-refractivity contribution in [1.29, 1.82) is 0 Å². The van der Waals surface area contributed by atoms with Crippen LogP contribution in [-0.2, 0) is 60.8 Å². The monoisotopic (exact) mass is 1080 g/mol. The van der Waals surface area contributed by atoms with Gasteiger partial charge in [0.1, 0.15) is 12.1 Å². The summed E-state index contributed by atoms with van der Waals surface area (Å²) >= 11 is 0. The molecule has 8 amide bonds. The zero-order chi connectivity index (χ0) is 56.4. The largest absolute Gasteiger partial charge is 0.379 e. The highest BCUT2D eigenvalue weighted by Crippen LogP contribution is 2.41. The zero-order valence-electron chi connectivity index (χ0n) is 47.4. The van der Waals surface area contributed by atoms with Crippen LogP contribution < -0.4 is 21.3 Å². The van der Waals surface area contributed by atoms with E-state index in [9.17, 15) is 38.4 Å². The average molecular weight is 1080 g/mol. The lowest BCUT2D eigenvalue weighted by Gasteiger charge is -2.41. The number of nitrogens with one attached hydrogen (secondary N) is 4. The molecule has 18 nitrogen and oxygen atoms in total. The van der Waals surface area contributed by atoms with Gasteiger partial charge in [0.15, 0.2) is 0 Å². The van der Waals surface area contributed by atoms with Crippen molar-refractivity contribution in [2.45, 2.75) is 167 Å². The molecule has 2 aliphatic carbocycles. The predicted molar refractivity (Wildman–Crippen MR) is 296 cm³/mol. The van der Waals surface area contributed by atoms with Gasteiger partial charge in [0.05, 0.1) is 42.7 Å². The number of rotatable bonds is 25. The number of nitrogens with zero attached hydrogens (tertiary/aromatic N) is 4. The maximum absolute atomic E-state index is 14.6. The normalized spacial score (nSPS) is 24.8. The summed E-state index contributed by atoms with van der Waals surface area (Å²) in [5.74, 6) is -2.66. The first kappa shape index (κ1) is 59.7. The van der Waals surface area contributed by atoms with Crippen LogP contribution in [-0.4, -0.2) is 157 Å². The van der Waals surface area contributed by atoms with E-state index in [4.69, 9.17) is 9.47 Å². The third kappa shape index (κ3) is 14.2. The molecule has 3 aliphatic heterocycles. The van der Waals surface area contributed by atoms with E-state index in [2.05, 4.69) is 26.2 Å². The van der Waals surface area contributed by atoms with E-state index in [0.29, 0.717) is 63.5 Å². The van der Waals surface area contributed by atoms with Crippen molar-refractivity contribution >= 4 is 52.9 Å². The first-order chi connectivity index (χ1) is 37.3. The average Bonchev–Trinajstić information content (AvgIpc) is 4.28. The molecule has 0 radical (unpaired) electrons. The van der Waals surface area contributed by atoms with E-state index in [-0.39, 0.29) is 83.9 Å². The Kier molecular flexibility index (Phi) is 20.9. The lowest BCUT2D eigenvalue weighted by Crippen LogP contribution is -2.60. The summed E-state index contributed by atoms with van der Waals surface area (Å²) < 4.78 is 12.2. The number of benzene rings is 2. The molecule has 18 heteroatoms. The van der Waals surface area contributed by atoms with Crippen LogP contribution in [0, 0.1) is 35.5 Å². The fraction of sp³-hybridized carbons (Fsp3) is 0.633. The third-order valence-electron chi connectivity index (χ3n) is 17.8.